The minimum absolute atomic E-state index is 0.176. The molecule has 0 unspecified atom stereocenters. The number of hydrogen-bond donors (Lipinski definition) is 0. The molecule has 0 N–H and O–H groups in total. The molecule has 1 aliphatic heterocycles. The first-order chi connectivity index (χ1) is 12.6. The molecule has 0 bridgehead atoms. The second-order valence-electron chi connectivity index (χ2n) is 7.37. The molecule has 3 aromatic rings. The van der Waals surface area contributed by atoms with E-state index in [2.05, 4.69) is 42.2 Å². The summed E-state index contributed by atoms with van der Waals surface area (Å²) in [5.74, 6) is 0.863. The van der Waals surface area contributed by atoms with Crippen molar-refractivity contribution >= 4 is 16.7 Å². The van der Waals surface area contributed by atoms with Crippen molar-refractivity contribution in [2.24, 2.45) is 0 Å². The fraction of sp³-hybridized carbons (Fsp3) is 0.318. The second kappa shape index (κ2) is 5.63. The average Bonchev–Trinajstić information content (AvgIpc) is 3.14. The Balaban J connectivity index is 1.64. The van der Waals surface area contributed by atoms with Crippen LogP contribution in [0.25, 0.3) is 11.0 Å². The van der Waals surface area contributed by atoms with Crippen LogP contribution in [0.3, 0.4) is 0 Å². The van der Waals surface area contributed by atoms with Crippen LogP contribution in [-0.4, -0.2) is 6.73 Å². The number of aryl methyl sites for hydroxylation is 3. The van der Waals surface area contributed by atoms with Crippen LogP contribution in [-0.2, 0) is 19.4 Å². The number of ether oxygens (including phenoxy) is 1. The summed E-state index contributed by atoms with van der Waals surface area (Å²) in [5.41, 5.74) is 7.06. The number of hydrogen-bond acceptors (Lipinski definition) is 4. The van der Waals surface area contributed by atoms with Gasteiger partial charge >= 0.3 is 5.63 Å². The van der Waals surface area contributed by atoms with Gasteiger partial charge in [-0.15, -0.1) is 0 Å². The molecule has 0 saturated carbocycles. The molecular formula is C22H21NO3. The Kier molecular flexibility index (Phi) is 3.36. The summed E-state index contributed by atoms with van der Waals surface area (Å²) in [6.07, 6.45) is 2.81. The summed E-state index contributed by atoms with van der Waals surface area (Å²) in [4.78, 5) is 14.5. The van der Waals surface area contributed by atoms with Crippen LogP contribution in [0, 0.1) is 13.8 Å². The molecule has 5 rings (SSSR count). The first kappa shape index (κ1) is 15.5. The minimum Gasteiger partial charge on any atom is -0.472 e. The van der Waals surface area contributed by atoms with Crippen LogP contribution in [0.5, 0.6) is 5.75 Å². The van der Waals surface area contributed by atoms with E-state index < -0.39 is 0 Å². The van der Waals surface area contributed by atoms with Crippen LogP contribution in [0.1, 0.15) is 34.2 Å². The normalized spacial score (nSPS) is 15.7. The second-order valence-corrected chi connectivity index (χ2v) is 7.37. The maximum absolute atomic E-state index is 12.3. The van der Waals surface area contributed by atoms with Gasteiger partial charge in [-0.2, -0.15) is 0 Å². The van der Waals surface area contributed by atoms with Crippen molar-refractivity contribution in [3.63, 3.8) is 0 Å². The molecule has 0 atom stereocenters. The van der Waals surface area contributed by atoms with Crippen molar-refractivity contribution < 1.29 is 9.15 Å². The average molecular weight is 347 g/mol. The van der Waals surface area contributed by atoms with E-state index in [0.717, 1.165) is 59.3 Å². The van der Waals surface area contributed by atoms with Crippen molar-refractivity contribution in [3.05, 3.63) is 68.6 Å². The molecule has 4 nitrogen and oxygen atoms in total. The van der Waals surface area contributed by atoms with Gasteiger partial charge < -0.3 is 14.1 Å². The molecule has 2 heterocycles. The van der Waals surface area contributed by atoms with Gasteiger partial charge in [0, 0.05) is 34.3 Å². The standard InChI is InChI=1S/C22H21NO3/c1-13-6-8-16(9-7-13)23-11-15-10-19-17-4-3-5-18(17)22(24)26-21(19)14(2)20(15)25-12-23/h6-10H,3-5,11-12H2,1-2H3. The van der Waals surface area contributed by atoms with Gasteiger partial charge in [0.05, 0.1) is 0 Å². The minimum atomic E-state index is -0.176. The van der Waals surface area contributed by atoms with Gasteiger partial charge in [0.25, 0.3) is 0 Å². The first-order valence-corrected chi connectivity index (χ1v) is 9.17. The van der Waals surface area contributed by atoms with E-state index in [1.807, 2.05) is 6.92 Å². The Morgan fingerprint density at radius 2 is 1.81 bits per heavy atom. The van der Waals surface area contributed by atoms with E-state index in [9.17, 15) is 4.79 Å². The molecular weight excluding hydrogens is 326 g/mol. The van der Waals surface area contributed by atoms with Gasteiger partial charge in [0.1, 0.15) is 11.3 Å². The number of nitrogens with zero attached hydrogens (tertiary/aromatic N) is 1. The number of anilines is 1. The number of rotatable bonds is 1. The van der Waals surface area contributed by atoms with Crippen LogP contribution in [0.4, 0.5) is 5.69 Å². The highest BCUT2D eigenvalue weighted by atomic mass is 16.5. The zero-order chi connectivity index (χ0) is 17.8. The van der Waals surface area contributed by atoms with Gasteiger partial charge in [0.15, 0.2) is 6.73 Å². The Labute approximate surface area is 152 Å². The summed E-state index contributed by atoms with van der Waals surface area (Å²) < 4.78 is 11.8. The highest BCUT2D eigenvalue weighted by Crippen LogP contribution is 2.38. The molecule has 0 radical (unpaired) electrons. The number of benzene rings is 2. The smallest absolute Gasteiger partial charge is 0.339 e. The maximum Gasteiger partial charge on any atom is 0.339 e. The van der Waals surface area contributed by atoms with Crippen LogP contribution >= 0.6 is 0 Å². The predicted octanol–water partition coefficient (Wildman–Crippen LogP) is 4.26. The highest BCUT2D eigenvalue weighted by molar-refractivity contribution is 5.87. The van der Waals surface area contributed by atoms with Crippen molar-refractivity contribution in [1.29, 1.82) is 0 Å². The molecule has 0 saturated heterocycles. The molecule has 132 valence electrons. The zero-order valence-electron chi connectivity index (χ0n) is 15.1. The van der Waals surface area contributed by atoms with E-state index >= 15 is 0 Å². The van der Waals surface area contributed by atoms with E-state index in [0.29, 0.717) is 12.3 Å². The van der Waals surface area contributed by atoms with Crippen molar-refractivity contribution in [3.8, 4) is 5.75 Å². The van der Waals surface area contributed by atoms with Crippen LogP contribution in [0.2, 0.25) is 0 Å². The molecule has 0 fully saturated rings. The van der Waals surface area contributed by atoms with Gasteiger partial charge in [0.2, 0.25) is 0 Å². The molecule has 0 amide bonds. The fourth-order valence-corrected chi connectivity index (χ4v) is 4.26. The van der Waals surface area contributed by atoms with Gasteiger partial charge in [-0.25, -0.2) is 4.79 Å². The maximum atomic E-state index is 12.3. The molecule has 2 aromatic carbocycles. The van der Waals surface area contributed by atoms with Crippen LogP contribution in [0.15, 0.2) is 39.5 Å². The van der Waals surface area contributed by atoms with Crippen molar-refractivity contribution in [2.75, 3.05) is 11.6 Å². The molecule has 2 aliphatic rings. The quantitative estimate of drug-likeness (QED) is 0.617. The van der Waals surface area contributed by atoms with Crippen LogP contribution < -0.4 is 15.3 Å². The zero-order valence-corrected chi connectivity index (χ0v) is 15.1. The first-order valence-electron chi connectivity index (χ1n) is 9.17. The van der Waals surface area contributed by atoms with E-state index in [4.69, 9.17) is 9.15 Å². The lowest BCUT2D eigenvalue weighted by Gasteiger charge is -2.32. The molecule has 1 aliphatic carbocycles. The number of fused-ring (bicyclic) bond motifs is 4. The van der Waals surface area contributed by atoms with Crippen molar-refractivity contribution in [2.45, 2.75) is 39.7 Å². The molecule has 0 spiro atoms. The summed E-state index contributed by atoms with van der Waals surface area (Å²) in [7, 11) is 0. The molecule has 4 heteroatoms. The lowest BCUT2D eigenvalue weighted by molar-refractivity contribution is 0.287. The van der Waals surface area contributed by atoms with E-state index in [-0.39, 0.29) is 5.63 Å². The summed E-state index contributed by atoms with van der Waals surface area (Å²) >= 11 is 0. The SMILES string of the molecule is Cc1ccc(N2COc3c(cc4c5c(c(=O)oc4c3C)CCC5)C2)cc1. The lowest BCUT2D eigenvalue weighted by Crippen LogP contribution is -2.32. The Morgan fingerprint density at radius 3 is 2.62 bits per heavy atom. The Hall–Kier alpha value is -2.75. The van der Waals surface area contributed by atoms with Gasteiger partial charge in [-0.05, 0) is 56.9 Å². The topological polar surface area (TPSA) is 42.7 Å². The van der Waals surface area contributed by atoms with E-state index in [1.165, 1.54) is 11.1 Å². The third-order valence-corrected chi connectivity index (χ3v) is 5.65. The van der Waals surface area contributed by atoms with E-state index in [1.54, 1.807) is 0 Å². The fourth-order valence-electron chi connectivity index (χ4n) is 4.26. The van der Waals surface area contributed by atoms with Gasteiger partial charge in [-0.1, -0.05) is 17.7 Å². The largest absolute Gasteiger partial charge is 0.472 e. The summed E-state index contributed by atoms with van der Waals surface area (Å²) in [6, 6.07) is 10.7. The molecule has 1 aromatic heterocycles. The Morgan fingerprint density at radius 1 is 1.04 bits per heavy atom. The highest BCUT2D eigenvalue weighted by Gasteiger charge is 2.26. The third-order valence-electron chi connectivity index (χ3n) is 5.65. The molecule has 26 heavy (non-hydrogen) atoms. The van der Waals surface area contributed by atoms with Gasteiger partial charge in [-0.3, -0.25) is 0 Å². The Bertz CT molecular complexity index is 1080. The predicted molar refractivity (Wildman–Crippen MR) is 102 cm³/mol. The summed E-state index contributed by atoms with van der Waals surface area (Å²) in [5, 5.41) is 1.09. The third kappa shape index (κ3) is 2.25. The monoisotopic (exact) mass is 347 g/mol. The summed E-state index contributed by atoms with van der Waals surface area (Å²) in [6.45, 7) is 5.38. The lowest BCUT2D eigenvalue weighted by atomic mass is 9.99. The van der Waals surface area contributed by atoms with Crippen molar-refractivity contribution in [1.82, 2.24) is 0 Å².